The van der Waals surface area contributed by atoms with Crippen molar-refractivity contribution in [2.45, 2.75) is 70.8 Å². The molecule has 0 aromatic rings. The van der Waals surface area contributed by atoms with Crippen LogP contribution in [0.3, 0.4) is 0 Å². The molecule has 20 heavy (non-hydrogen) atoms. The number of hydrogen-bond acceptors (Lipinski definition) is 2. The minimum Gasteiger partial charge on any atom is -0.325 e. The standard InChI is InChI=1S/C16H28N2O2/c1-14(19)13-15-9-5-4-8-12-18(15)16(20)17-10-6-2-3-7-11-17/h15H,2-13H2,1H3. The van der Waals surface area contributed by atoms with Gasteiger partial charge in [-0.3, -0.25) is 4.79 Å². The lowest BCUT2D eigenvalue weighted by Gasteiger charge is -2.34. The average molecular weight is 280 g/mol. The zero-order valence-corrected chi connectivity index (χ0v) is 12.8. The van der Waals surface area contributed by atoms with E-state index in [0.29, 0.717) is 6.42 Å². The van der Waals surface area contributed by atoms with Crippen LogP contribution in [0.2, 0.25) is 0 Å². The molecule has 1 atom stereocenters. The summed E-state index contributed by atoms with van der Waals surface area (Å²) in [6.45, 7) is 4.25. The van der Waals surface area contributed by atoms with Gasteiger partial charge in [-0.15, -0.1) is 0 Å². The first kappa shape index (κ1) is 15.3. The molecule has 0 aromatic heterocycles. The summed E-state index contributed by atoms with van der Waals surface area (Å²) < 4.78 is 0. The van der Waals surface area contributed by atoms with E-state index in [2.05, 4.69) is 0 Å². The van der Waals surface area contributed by atoms with Gasteiger partial charge in [-0.2, -0.15) is 0 Å². The molecule has 4 heteroatoms. The second-order valence-corrected chi connectivity index (χ2v) is 6.29. The zero-order chi connectivity index (χ0) is 14.4. The first-order valence-electron chi connectivity index (χ1n) is 8.23. The van der Waals surface area contributed by atoms with E-state index in [4.69, 9.17) is 0 Å². The molecule has 114 valence electrons. The van der Waals surface area contributed by atoms with Crippen molar-refractivity contribution in [3.05, 3.63) is 0 Å². The quantitative estimate of drug-likeness (QED) is 0.779. The number of rotatable bonds is 2. The minimum atomic E-state index is 0.130. The van der Waals surface area contributed by atoms with Gasteiger partial charge in [0.1, 0.15) is 5.78 Å². The maximum Gasteiger partial charge on any atom is 0.320 e. The lowest BCUT2D eigenvalue weighted by Crippen LogP contribution is -2.48. The van der Waals surface area contributed by atoms with E-state index in [9.17, 15) is 9.59 Å². The number of carbonyl (C=O) groups is 2. The smallest absolute Gasteiger partial charge is 0.320 e. The third kappa shape index (κ3) is 4.22. The fraction of sp³-hybridized carbons (Fsp3) is 0.875. The molecular formula is C16H28N2O2. The monoisotopic (exact) mass is 280 g/mol. The first-order valence-corrected chi connectivity index (χ1v) is 8.23. The highest BCUT2D eigenvalue weighted by Gasteiger charge is 2.29. The molecule has 0 saturated carbocycles. The van der Waals surface area contributed by atoms with Gasteiger partial charge >= 0.3 is 6.03 Å². The number of ketones is 1. The van der Waals surface area contributed by atoms with Crippen molar-refractivity contribution in [1.29, 1.82) is 0 Å². The van der Waals surface area contributed by atoms with Crippen molar-refractivity contribution in [2.75, 3.05) is 19.6 Å². The minimum absolute atomic E-state index is 0.130. The second-order valence-electron chi connectivity index (χ2n) is 6.29. The van der Waals surface area contributed by atoms with Gasteiger partial charge in [-0.25, -0.2) is 4.79 Å². The summed E-state index contributed by atoms with van der Waals surface area (Å²) in [7, 11) is 0. The Labute approximate surface area is 122 Å². The van der Waals surface area contributed by atoms with Crippen molar-refractivity contribution in [1.82, 2.24) is 9.80 Å². The van der Waals surface area contributed by atoms with Crippen LogP contribution in [-0.4, -0.2) is 47.3 Å². The molecule has 0 aliphatic carbocycles. The van der Waals surface area contributed by atoms with Gasteiger partial charge in [0.25, 0.3) is 0 Å². The van der Waals surface area contributed by atoms with Crippen molar-refractivity contribution in [3.63, 3.8) is 0 Å². The Hall–Kier alpha value is -1.06. The molecule has 2 amide bonds. The summed E-state index contributed by atoms with van der Waals surface area (Å²) in [6, 6.07) is 0.311. The number of urea groups is 1. The highest BCUT2D eigenvalue weighted by Crippen LogP contribution is 2.22. The Morgan fingerprint density at radius 1 is 0.900 bits per heavy atom. The van der Waals surface area contributed by atoms with Gasteiger partial charge in [-0.1, -0.05) is 25.7 Å². The van der Waals surface area contributed by atoms with Gasteiger partial charge in [0, 0.05) is 32.1 Å². The van der Waals surface area contributed by atoms with Crippen LogP contribution in [0, 0.1) is 0 Å². The van der Waals surface area contributed by atoms with E-state index < -0.39 is 0 Å². The summed E-state index contributed by atoms with van der Waals surface area (Å²) in [5.41, 5.74) is 0. The van der Waals surface area contributed by atoms with E-state index in [1.807, 2.05) is 9.80 Å². The normalized spacial score (nSPS) is 24.9. The van der Waals surface area contributed by atoms with Crippen LogP contribution >= 0.6 is 0 Å². The SMILES string of the molecule is CC(=O)CC1CCCCCN1C(=O)N1CCCCCC1. The Kier molecular flexibility index (Phi) is 5.86. The van der Waals surface area contributed by atoms with E-state index in [0.717, 1.165) is 51.7 Å². The largest absolute Gasteiger partial charge is 0.325 e. The fourth-order valence-corrected chi connectivity index (χ4v) is 3.42. The van der Waals surface area contributed by atoms with Crippen LogP contribution in [0.5, 0.6) is 0 Å². The molecule has 2 rings (SSSR count). The van der Waals surface area contributed by atoms with Crippen LogP contribution < -0.4 is 0 Å². The number of carbonyl (C=O) groups excluding carboxylic acids is 2. The molecule has 2 aliphatic heterocycles. The summed E-state index contributed by atoms with van der Waals surface area (Å²) >= 11 is 0. The fourth-order valence-electron chi connectivity index (χ4n) is 3.42. The average Bonchev–Trinajstić information content (AvgIpc) is 2.79. The highest BCUT2D eigenvalue weighted by atomic mass is 16.2. The van der Waals surface area contributed by atoms with Gasteiger partial charge in [-0.05, 0) is 32.6 Å². The van der Waals surface area contributed by atoms with Crippen LogP contribution in [0.1, 0.15) is 64.7 Å². The molecule has 0 spiro atoms. The molecule has 4 nitrogen and oxygen atoms in total. The summed E-state index contributed by atoms with van der Waals surface area (Å²) in [5.74, 6) is 0.200. The molecule has 2 aliphatic rings. The van der Waals surface area contributed by atoms with E-state index in [-0.39, 0.29) is 17.9 Å². The number of likely N-dealkylation sites (tertiary alicyclic amines) is 2. The Morgan fingerprint density at radius 2 is 1.50 bits per heavy atom. The third-order valence-electron chi connectivity index (χ3n) is 4.52. The van der Waals surface area contributed by atoms with Crippen LogP contribution in [0.25, 0.3) is 0 Å². The Bertz CT molecular complexity index is 335. The lowest BCUT2D eigenvalue weighted by atomic mass is 10.0. The van der Waals surface area contributed by atoms with Crippen LogP contribution in [-0.2, 0) is 4.79 Å². The number of nitrogens with zero attached hydrogens (tertiary/aromatic N) is 2. The van der Waals surface area contributed by atoms with Crippen LogP contribution in [0.4, 0.5) is 4.79 Å². The number of hydrogen-bond donors (Lipinski definition) is 0. The van der Waals surface area contributed by atoms with Crippen molar-refractivity contribution in [2.24, 2.45) is 0 Å². The van der Waals surface area contributed by atoms with Crippen molar-refractivity contribution >= 4 is 11.8 Å². The predicted molar refractivity (Wildman–Crippen MR) is 79.7 cm³/mol. The number of Topliss-reactive ketones (excluding diaryl/α,β-unsaturated/α-hetero) is 1. The van der Waals surface area contributed by atoms with Gasteiger partial charge < -0.3 is 9.80 Å². The topological polar surface area (TPSA) is 40.6 Å². The highest BCUT2D eigenvalue weighted by molar-refractivity contribution is 5.79. The molecule has 0 bridgehead atoms. The maximum atomic E-state index is 12.8. The lowest BCUT2D eigenvalue weighted by molar-refractivity contribution is -0.118. The van der Waals surface area contributed by atoms with E-state index in [1.54, 1.807) is 6.92 Å². The third-order valence-corrected chi connectivity index (χ3v) is 4.52. The second kappa shape index (κ2) is 7.65. The van der Waals surface area contributed by atoms with E-state index >= 15 is 0 Å². The molecule has 2 fully saturated rings. The van der Waals surface area contributed by atoms with Crippen molar-refractivity contribution < 1.29 is 9.59 Å². The summed E-state index contributed by atoms with van der Waals surface area (Å²) in [6.07, 6.45) is 9.63. The molecule has 2 saturated heterocycles. The van der Waals surface area contributed by atoms with Crippen LogP contribution in [0.15, 0.2) is 0 Å². The first-order chi connectivity index (χ1) is 9.68. The molecular weight excluding hydrogens is 252 g/mol. The maximum absolute atomic E-state index is 12.8. The van der Waals surface area contributed by atoms with Gasteiger partial charge in [0.05, 0.1) is 0 Å². The van der Waals surface area contributed by atoms with E-state index in [1.165, 1.54) is 19.3 Å². The molecule has 2 heterocycles. The predicted octanol–water partition coefficient (Wildman–Crippen LogP) is 3.21. The Balaban J connectivity index is 2.03. The molecule has 1 unspecified atom stereocenters. The molecule has 0 N–H and O–H groups in total. The molecule has 0 radical (unpaired) electrons. The number of amides is 2. The van der Waals surface area contributed by atoms with Gasteiger partial charge in [0.15, 0.2) is 0 Å². The van der Waals surface area contributed by atoms with Crippen molar-refractivity contribution in [3.8, 4) is 0 Å². The molecule has 0 aromatic carbocycles. The zero-order valence-electron chi connectivity index (χ0n) is 12.8. The van der Waals surface area contributed by atoms with Gasteiger partial charge in [0.2, 0.25) is 0 Å². The Morgan fingerprint density at radius 3 is 2.15 bits per heavy atom. The summed E-state index contributed by atoms with van der Waals surface area (Å²) in [5, 5.41) is 0. The summed E-state index contributed by atoms with van der Waals surface area (Å²) in [4.78, 5) is 28.3.